The molecule has 0 atom stereocenters. The number of aromatic amines is 1. The number of carbonyl (C=O) groups is 1. The molecule has 2 heterocycles. The summed E-state index contributed by atoms with van der Waals surface area (Å²) in [5, 5.41) is 9.76. The lowest BCUT2D eigenvalue weighted by molar-refractivity contribution is -0.115. The second kappa shape index (κ2) is 6.39. The third kappa shape index (κ3) is 3.79. The molecule has 3 aromatic rings. The van der Waals surface area contributed by atoms with Crippen LogP contribution in [0.3, 0.4) is 0 Å². The van der Waals surface area contributed by atoms with Crippen LogP contribution in [0.5, 0.6) is 0 Å². The summed E-state index contributed by atoms with van der Waals surface area (Å²) < 4.78 is 0. The SMILES string of the molecule is Cc1cc(C)cc(NC(=O)Cc2nc(-c3ccccn3)n[nH]2)c1. The molecule has 3 rings (SSSR count). The predicted molar refractivity (Wildman–Crippen MR) is 87.9 cm³/mol. The van der Waals surface area contributed by atoms with Crippen LogP contribution in [0.25, 0.3) is 11.5 Å². The van der Waals surface area contributed by atoms with Gasteiger partial charge in [0.25, 0.3) is 0 Å². The van der Waals surface area contributed by atoms with E-state index in [1.165, 1.54) is 0 Å². The zero-order valence-electron chi connectivity index (χ0n) is 13.0. The Hall–Kier alpha value is -3.02. The van der Waals surface area contributed by atoms with Crippen LogP contribution in [-0.2, 0) is 11.2 Å². The van der Waals surface area contributed by atoms with Gasteiger partial charge in [0.15, 0.2) is 5.82 Å². The number of hydrogen-bond acceptors (Lipinski definition) is 4. The number of carbonyl (C=O) groups excluding carboxylic acids is 1. The van der Waals surface area contributed by atoms with Gasteiger partial charge in [0.1, 0.15) is 11.5 Å². The van der Waals surface area contributed by atoms with Crippen LogP contribution < -0.4 is 5.32 Å². The van der Waals surface area contributed by atoms with Gasteiger partial charge in [-0.15, -0.1) is 0 Å². The summed E-state index contributed by atoms with van der Waals surface area (Å²) in [4.78, 5) is 20.6. The third-order valence-corrected chi connectivity index (χ3v) is 3.26. The molecule has 0 spiro atoms. The van der Waals surface area contributed by atoms with Crippen LogP contribution in [0.4, 0.5) is 5.69 Å². The number of amides is 1. The Labute approximate surface area is 134 Å². The van der Waals surface area contributed by atoms with Crippen LogP contribution in [-0.4, -0.2) is 26.1 Å². The fraction of sp³-hybridized carbons (Fsp3) is 0.176. The largest absolute Gasteiger partial charge is 0.326 e. The highest BCUT2D eigenvalue weighted by Gasteiger charge is 2.11. The predicted octanol–water partition coefficient (Wildman–Crippen LogP) is 2.66. The van der Waals surface area contributed by atoms with Gasteiger partial charge in [-0.2, -0.15) is 5.10 Å². The number of hydrogen-bond donors (Lipinski definition) is 2. The standard InChI is InChI=1S/C17H17N5O/c1-11-7-12(2)9-13(8-11)19-16(23)10-15-20-17(22-21-15)14-5-3-4-6-18-14/h3-9H,10H2,1-2H3,(H,19,23)(H,20,21,22). The lowest BCUT2D eigenvalue weighted by atomic mass is 10.1. The van der Waals surface area contributed by atoms with Gasteiger partial charge in [0.2, 0.25) is 5.91 Å². The van der Waals surface area contributed by atoms with Crippen molar-refractivity contribution >= 4 is 11.6 Å². The molecule has 0 radical (unpaired) electrons. The van der Waals surface area contributed by atoms with Crippen molar-refractivity contribution in [3.8, 4) is 11.5 Å². The summed E-state index contributed by atoms with van der Waals surface area (Å²) in [5.41, 5.74) is 3.68. The summed E-state index contributed by atoms with van der Waals surface area (Å²) in [5.74, 6) is 0.853. The number of H-pyrrole nitrogens is 1. The Balaban J connectivity index is 1.68. The average Bonchev–Trinajstić information content (AvgIpc) is 2.95. The van der Waals surface area contributed by atoms with E-state index in [0.717, 1.165) is 16.8 Å². The molecular weight excluding hydrogens is 290 g/mol. The Morgan fingerprint density at radius 2 is 1.96 bits per heavy atom. The number of aromatic nitrogens is 4. The number of pyridine rings is 1. The Kier molecular flexibility index (Phi) is 4.14. The van der Waals surface area contributed by atoms with Crippen LogP contribution in [0.15, 0.2) is 42.6 Å². The highest BCUT2D eigenvalue weighted by molar-refractivity contribution is 5.92. The lowest BCUT2D eigenvalue weighted by Crippen LogP contribution is -2.15. The summed E-state index contributed by atoms with van der Waals surface area (Å²) in [6, 6.07) is 11.4. The molecule has 0 bridgehead atoms. The zero-order valence-corrected chi connectivity index (χ0v) is 13.0. The molecule has 0 unspecified atom stereocenters. The Bertz CT molecular complexity index is 806. The Morgan fingerprint density at radius 3 is 2.65 bits per heavy atom. The molecule has 0 fully saturated rings. The van der Waals surface area contributed by atoms with Gasteiger partial charge in [0, 0.05) is 11.9 Å². The molecule has 1 aromatic carbocycles. The highest BCUT2D eigenvalue weighted by Crippen LogP contribution is 2.14. The molecule has 2 N–H and O–H groups in total. The van der Waals surface area contributed by atoms with Crippen LogP contribution >= 0.6 is 0 Å². The third-order valence-electron chi connectivity index (χ3n) is 3.26. The minimum atomic E-state index is -0.140. The molecule has 0 saturated heterocycles. The molecule has 0 aliphatic heterocycles. The molecule has 2 aromatic heterocycles. The maximum Gasteiger partial charge on any atom is 0.232 e. The molecule has 0 aliphatic rings. The molecule has 0 aliphatic carbocycles. The first-order chi connectivity index (χ1) is 11.1. The second-order valence-electron chi connectivity index (χ2n) is 5.42. The monoisotopic (exact) mass is 307 g/mol. The first-order valence-electron chi connectivity index (χ1n) is 7.31. The summed E-state index contributed by atoms with van der Waals surface area (Å²) in [7, 11) is 0. The van der Waals surface area contributed by atoms with Gasteiger partial charge in [-0.3, -0.25) is 14.9 Å². The molecule has 116 valence electrons. The van der Waals surface area contributed by atoms with E-state index < -0.39 is 0 Å². The number of benzene rings is 1. The van der Waals surface area contributed by atoms with Crippen molar-refractivity contribution in [2.45, 2.75) is 20.3 Å². The van der Waals surface area contributed by atoms with Crippen molar-refractivity contribution in [2.75, 3.05) is 5.32 Å². The van der Waals surface area contributed by atoms with Gasteiger partial charge in [-0.25, -0.2) is 4.98 Å². The molecule has 23 heavy (non-hydrogen) atoms. The van der Waals surface area contributed by atoms with E-state index in [0.29, 0.717) is 17.3 Å². The maximum atomic E-state index is 12.1. The van der Waals surface area contributed by atoms with Crippen LogP contribution in [0, 0.1) is 13.8 Å². The van der Waals surface area contributed by atoms with Gasteiger partial charge in [-0.05, 0) is 49.2 Å². The fourth-order valence-corrected chi connectivity index (χ4v) is 2.39. The van der Waals surface area contributed by atoms with Crippen molar-refractivity contribution in [3.05, 3.63) is 59.5 Å². The van der Waals surface area contributed by atoms with Crippen molar-refractivity contribution < 1.29 is 4.79 Å². The zero-order chi connectivity index (χ0) is 16.2. The highest BCUT2D eigenvalue weighted by atomic mass is 16.1. The normalized spacial score (nSPS) is 10.5. The number of nitrogens with one attached hydrogen (secondary N) is 2. The van der Waals surface area contributed by atoms with Gasteiger partial charge >= 0.3 is 0 Å². The first-order valence-corrected chi connectivity index (χ1v) is 7.31. The van der Waals surface area contributed by atoms with E-state index in [1.54, 1.807) is 6.20 Å². The quantitative estimate of drug-likeness (QED) is 0.776. The Morgan fingerprint density at radius 1 is 1.17 bits per heavy atom. The van der Waals surface area contributed by atoms with E-state index in [9.17, 15) is 4.79 Å². The second-order valence-corrected chi connectivity index (χ2v) is 5.42. The molecule has 0 saturated carbocycles. The number of nitrogens with zero attached hydrogens (tertiary/aromatic N) is 3. The minimum absolute atomic E-state index is 0.132. The van der Waals surface area contributed by atoms with Gasteiger partial charge < -0.3 is 5.32 Å². The van der Waals surface area contributed by atoms with Gasteiger partial charge in [0.05, 0.1) is 6.42 Å². The van der Waals surface area contributed by atoms with Crippen molar-refractivity contribution in [3.63, 3.8) is 0 Å². The van der Waals surface area contributed by atoms with E-state index >= 15 is 0 Å². The smallest absolute Gasteiger partial charge is 0.232 e. The van der Waals surface area contributed by atoms with Crippen molar-refractivity contribution in [2.24, 2.45) is 0 Å². The van der Waals surface area contributed by atoms with Gasteiger partial charge in [-0.1, -0.05) is 12.1 Å². The van der Waals surface area contributed by atoms with Crippen molar-refractivity contribution in [1.29, 1.82) is 0 Å². The minimum Gasteiger partial charge on any atom is -0.326 e. The number of rotatable bonds is 4. The first kappa shape index (κ1) is 14.9. The topological polar surface area (TPSA) is 83.6 Å². The summed E-state index contributed by atoms with van der Waals surface area (Å²) >= 11 is 0. The lowest BCUT2D eigenvalue weighted by Gasteiger charge is -2.06. The average molecular weight is 307 g/mol. The summed E-state index contributed by atoms with van der Waals surface area (Å²) in [6.07, 6.45) is 1.81. The number of aryl methyl sites for hydroxylation is 2. The van der Waals surface area contributed by atoms with E-state index in [4.69, 9.17) is 0 Å². The van der Waals surface area contributed by atoms with E-state index in [-0.39, 0.29) is 12.3 Å². The van der Waals surface area contributed by atoms with Crippen LogP contribution in [0.2, 0.25) is 0 Å². The van der Waals surface area contributed by atoms with Crippen LogP contribution in [0.1, 0.15) is 17.0 Å². The van der Waals surface area contributed by atoms with Crippen molar-refractivity contribution in [1.82, 2.24) is 20.2 Å². The van der Waals surface area contributed by atoms with E-state index in [1.807, 2.05) is 44.2 Å². The molecule has 6 nitrogen and oxygen atoms in total. The summed E-state index contributed by atoms with van der Waals surface area (Å²) in [6.45, 7) is 4.00. The molecule has 6 heteroatoms. The van der Waals surface area contributed by atoms with E-state index in [2.05, 4.69) is 31.5 Å². The molecular formula is C17H17N5O. The molecule has 1 amide bonds. The number of anilines is 1. The maximum absolute atomic E-state index is 12.1. The fourth-order valence-electron chi connectivity index (χ4n) is 2.39.